The average molecular weight is 633 g/mol. The molecule has 2 N–H and O–H groups in total. The van der Waals surface area contributed by atoms with Crippen LogP contribution in [0.25, 0.3) is 10.4 Å². The van der Waals surface area contributed by atoms with Crippen molar-refractivity contribution >= 4 is 55.3 Å². The Morgan fingerprint density at radius 3 is 2.56 bits per heavy atom. The molecule has 1 saturated heterocycles. The van der Waals surface area contributed by atoms with Crippen molar-refractivity contribution in [1.82, 2.24) is 23.3 Å². The van der Waals surface area contributed by atoms with Crippen LogP contribution in [0.15, 0.2) is 42.5 Å². The summed E-state index contributed by atoms with van der Waals surface area (Å²) in [5, 5.41) is 21.2. The predicted molar refractivity (Wildman–Crippen MR) is 153 cm³/mol. The van der Waals surface area contributed by atoms with Gasteiger partial charge in [-0.05, 0) is 24.6 Å². The first kappa shape index (κ1) is 30.4. The Bertz CT molecular complexity index is 1780. The molecule has 43 heavy (non-hydrogen) atoms. The summed E-state index contributed by atoms with van der Waals surface area (Å²) in [7, 11) is -1.18. The molecule has 0 radical (unpaired) electrons. The maximum absolute atomic E-state index is 13.5. The van der Waals surface area contributed by atoms with Crippen LogP contribution in [0, 0.1) is 22.0 Å². The number of fused-ring (bicyclic) bond motifs is 2. The second-order valence-corrected chi connectivity index (χ2v) is 13.4. The van der Waals surface area contributed by atoms with Gasteiger partial charge >= 0.3 is 5.97 Å². The highest BCUT2D eigenvalue weighted by atomic mass is 32.2. The topological polar surface area (TPSA) is 194 Å². The van der Waals surface area contributed by atoms with Crippen molar-refractivity contribution in [2.24, 2.45) is 11.8 Å². The third-order valence-electron chi connectivity index (χ3n) is 7.52. The molecule has 0 bridgehead atoms. The van der Waals surface area contributed by atoms with E-state index in [1.807, 2.05) is 6.92 Å². The maximum atomic E-state index is 13.5. The van der Waals surface area contributed by atoms with E-state index in [9.17, 15) is 38.0 Å². The van der Waals surface area contributed by atoms with Crippen molar-refractivity contribution in [3.8, 4) is 0 Å². The van der Waals surface area contributed by atoms with E-state index in [-0.39, 0.29) is 29.6 Å². The molecule has 2 aliphatic rings. The van der Waals surface area contributed by atoms with Gasteiger partial charge in [0.15, 0.2) is 5.78 Å². The van der Waals surface area contributed by atoms with Crippen LogP contribution in [-0.2, 0) is 31.1 Å². The summed E-state index contributed by atoms with van der Waals surface area (Å²) in [6, 6.07) is 5.02. The van der Waals surface area contributed by atoms with Crippen LogP contribution in [-0.4, -0.2) is 87.5 Å². The molecule has 4 atom stereocenters. The molecule has 5 rings (SSSR count). The smallest absolute Gasteiger partial charge is 0.355 e. The monoisotopic (exact) mass is 632 g/mol. The van der Waals surface area contributed by atoms with E-state index < -0.39 is 57.4 Å². The van der Waals surface area contributed by atoms with Crippen molar-refractivity contribution in [1.29, 1.82) is 0 Å². The summed E-state index contributed by atoms with van der Waals surface area (Å²) in [5.74, 6) is -2.88. The van der Waals surface area contributed by atoms with Gasteiger partial charge in [0.2, 0.25) is 5.91 Å². The number of aliphatic hydroxyl groups excluding tert-OH is 1. The minimum Gasteiger partial charge on any atom is -0.456 e. The first-order valence-corrected chi connectivity index (χ1v) is 15.3. The lowest BCUT2D eigenvalue weighted by molar-refractivity contribution is -0.384. The molecule has 0 aliphatic carbocycles. The number of β-lactam (4-membered cyclic amide) rings is 1. The van der Waals surface area contributed by atoms with E-state index in [2.05, 4.69) is 9.71 Å². The third kappa shape index (κ3) is 5.33. The number of amides is 1. The number of non-ortho nitro benzene ring substituents is 1. The number of benzene rings is 1. The van der Waals surface area contributed by atoms with Crippen molar-refractivity contribution in [3.63, 3.8) is 0 Å². The van der Waals surface area contributed by atoms with Crippen LogP contribution < -0.4 is 4.72 Å². The van der Waals surface area contributed by atoms with E-state index in [0.29, 0.717) is 20.8 Å². The van der Waals surface area contributed by atoms with Gasteiger partial charge in [0.05, 0.1) is 34.4 Å². The Morgan fingerprint density at radius 1 is 1.28 bits per heavy atom. The van der Waals surface area contributed by atoms with Crippen LogP contribution in [0.5, 0.6) is 0 Å². The number of rotatable bonds is 11. The number of esters is 1. The quantitative estimate of drug-likeness (QED) is 0.102. The fourth-order valence-electron chi connectivity index (χ4n) is 5.30. The van der Waals surface area contributed by atoms with Crippen LogP contribution in [0.1, 0.15) is 34.8 Å². The first-order chi connectivity index (χ1) is 20.2. The molecule has 0 saturated carbocycles. The standard InChI is InChI=1S/C26H28N6O9S2/c1-13-19(18-10-30-12-27-21(25(30)42-18)17(34)9-28-43(39,40)29(3)4)23(31-22(13)20(14(2)33)24(31)35)26(36)41-11-15-5-7-16(8-6-15)32(37)38/h5-8,10,12-14,20,22,28,33H,9,11H2,1-4H3/t13-,14+,20+,22+/m0/s1. The number of carbonyl (C=O) groups excluding carboxylic acids is 3. The molecular formula is C26H28N6O9S2. The number of nitro groups is 1. The highest BCUT2D eigenvalue weighted by Crippen LogP contribution is 2.51. The Labute approximate surface area is 249 Å². The Kier molecular flexibility index (Phi) is 7.95. The zero-order chi connectivity index (χ0) is 31.4. The van der Waals surface area contributed by atoms with Gasteiger partial charge < -0.3 is 14.7 Å². The highest BCUT2D eigenvalue weighted by molar-refractivity contribution is 7.87. The average Bonchev–Trinajstić information content (AvgIpc) is 3.60. The van der Waals surface area contributed by atoms with Crippen molar-refractivity contribution in [2.75, 3.05) is 20.6 Å². The van der Waals surface area contributed by atoms with E-state index in [1.54, 1.807) is 10.6 Å². The number of hydrogen-bond acceptors (Lipinski definition) is 11. The number of thiazole rings is 1. The van der Waals surface area contributed by atoms with Crippen molar-refractivity contribution < 1.29 is 37.6 Å². The van der Waals surface area contributed by atoms with Gasteiger partial charge in [0.25, 0.3) is 15.9 Å². The van der Waals surface area contributed by atoms with Crippen LogP contribution >= 0.6 is 11.3 Å². The lowest BCUT2D eigenvalue weighted by Gasteiger charge is -2.46. The number of ketones is 1. The van der Waals surface area contributed by atoms with Crippen molar-refractivity contribution in [2.45, 2.75) is 32.6 Å². The number of aliphatic hydroxyl groups is 1. The summed E-state index contributed by atoms with van der Waals surface area (Å²) < 4.78 is 34.4. The maximum Gasteiger partial charge on any atom is 0.355 e. The zero-order valence-corrected chi connectivity index (χ0v) is 25.1. The lowest BCUT2D eigenvalue weighted by Crippen LogP contribution is -2.63. The van der Waals surface area contributed by atoms with Crippen LogP contribution in [0.3, 0.4) is 0 Å². The number of nitrogens with one attached hydrogen (secondary N) is 1. The van der Waals surface area contributed by atoms with Gasteiger partial charge in [0, 0.05) is 43.9 Å². The van der Waals surface area contributed by atoms with Crippen molar-refractivity contribution in [3.05, 3.63) is 68.7 Å². The van der Waals surface area contributed by atoms with Gasteiger partial charge in [-0.1, -0.05) is 6.92 Å². The number of ether oxygens (including phenoxy) is 1. The summed E-state index contributed by atoms with van der Waals surface area (Å²) in [5.41, 5.74) is 0.942. The second kappa shape index (κ2) is 11.2. The molecule has 2 aromatic heterocycles. The van der Waals surface area contributed by atoms with E-state index >= 15 is 0 Å². The number of nitro benzene ring substituents is 1. The van der Waals surface area contributed by atoms with Gasteiger partial charge in [-0.2, -0.15) is 17.4 Å². The highest BCUT2D eigenvalue weighted by Gasteiger charge is 2.60. The summed E-state index contributed by atoms with van der Waals surface area (Å²) in [4.78, 5) is 56.4. The lowest BCUT2D eigenvalue weighted by atomic mass is 9.77. The van der Waals surface area contributed by atoms with Gasteiger partial charge in [0.1, 0.15) is 29.2 Å². The first-order valence-electron chi connectivity index (χ1n) is 13.1. The molecule has 1 fully saturated rings. The van der Waals surface area contributed by atoms with Gasteiger partial charge in [-0.3, -0.25) is 24.1 Å². The molecule has 0 unspecified atom stereocenters. The minimum absolute atomic E-state index is 0.0189. The van der Waals surface area contributed by atoms with E-state index in [1.165, 1.54) is 56.5 Å². The normalized spacial score (nSPS) is 20.8. The Morgan fingerprint density at radius 2 is 1.95 bits per heavy atom. The third-order valence-corrected chi connectivity index (χ3v) is 10.1. The number of imidazole rings is 1. The largest absolute Gasteiger partial charge is 0.456 e. The van der Waals surface area contributed by atoms with E-state index in [0.717, 1.165) is 15.6 Å². The fourth-order valence-corrected chi connectivity index (χ4v) is 7.11. The Hall–Kier alpha value is -4.03. The van der Waals surface area contributed by atoms with E-state index in [4.69, 9.17) is 4.74 Å². The number of aromatic nitrogens is 2. The fraction of sp³-hybridized carbons (Fsp3) is 0.385. The molecule has 2 aliphatic heterocycles. The second-order valence-electron chi connectivity index (χ2n) is 10.4. The predicted octanol–water partition coefficient (Wildman–Crippen LogP) is 1.19. The zero-order valence-electron chi connectivity index (χ0n) is 23.5. The SMILES string of the molecule is C[C@@H](O)[C@H]1C(=O)N2C(C(=O)OCc3ccc([N+](=O)[O-])cc3)=C(c3cn4cnc(C(=O)CNS(=O)(=O)N(C)C)c4s3)[C@H](C)[C@H]12. The number of hydrogen-bond donors (Lipinski definition) is 2. The summed E-state index contributed by atoms with van der Waals surface area (Å²) in [6.07, 6.45) is 2.11. The van der Waals surface area contributed by atoms with Gasteiger partial charge in [-0.15, -0.1) is 11.3 Å². The molecule has 3 aromatic rings. The number of carbonyl (C=O) groups is 3. The molecule has 1 amide bonds. The Balaban J connectivity index is 1.47. The molecule has 0 spiro atoms. The van der Waals surface area contributed by atoms with Crippen LogP contribution in [0.2, 0.25) is 0 Å². The van der Waals surface area contributed by atoms with Gasteiger partial charge in [-0.25, -0.2) is 9.78 Å². The minimum atomic E-state index is -3.84. The van der Waals surface area contributed by atoms with Crippen LogP contribution in [0.4, 0.5) is 5.69 Å². The summed E-state index contributed by atoms with van der Waals surface area (Å²) in [6.45, 7) is 2.63. The summed E-state index contributed by atoms with van der Waals surface area (Å²) >= 11 is 1.14. The number of Topliss-reactive ketones (excluding diaryl/α,β-unsaturated/α-hetero) is 1. The molecule has 1 aromatic carbocycles. The molecule has 17 heteroatoms. The molecular weight excluding hydrogens is 604 g/mol. The number of nitrogens with zero attached hydrogens (tertiary/aromatic N) is 5. The molecule has 15 nitrogen and oxygen atoms in total. The molecule has 228 valence electrons. The molecule has 4 heterocycles.